The molecule has 0 aliphatic heterocycles. The van der Waals surface area contributed by atoms with Gasteiger partial charge in [0, 0.05) is 6.54 Å². The van der Waals surface area contributed by atoms with Crippen molar-refractivity contribution in [2.75, 3.05) is 13.7 Å². The Hall–Kier alpha value is -2.18. The predicted octanol–water partition coefficient (Wildman–Crippen LogP) is 2.20. The van der Waals surface area contributed by atoms with E-state index in [1.165, 1.54) is 0 Å². The van der Waals surface area contributed by atoms with E-state index in [4.69, 9.17) is 5.11 Å². The number of hydrogen-bond acceptors (Lipinski definition) is 3. The number of ether oxygens (including phenoxy) is 1. The molecule has 7 heteroatoms. The maximum Gasteiger partial charge on any atom is 0.308 e. The predicted molar refractivity (Wildman–Crippen MR) is 71.3 cm³/mol. The number of amides is 1. The summed E-state index contributed by atoms with van der Waals surface area (Å²) in [6.07, 6.45) is 1.00. The first kappa shape index (κ1) is 16.9. The molecule has 0 heterocycles. The topological polar surface area (TPSA) is 75.6 Å². The lowest BCUT2D eigenvalue weighted by molar-refractivity contribution is -0.141. The van der Waals surface area contributed by atoms with Crippen molar-refractivity contribution < 1.29 is 28.2 Å². The van der Waals surface area contributed by atoms with E-state index in [1.54, 1.807) is 0 Å². The van der Waals surface area contributed by atoms with E-state index in [9.17, 15) is 18.4 Å². The van der Waals surface area contributed by atoms with Gasteiger partial charge in [-0.25, -0.2) is 8.78 Å². The highest BCUT2D eigenvalue weighted by Crippen LogP contribution is 2.25. The number of benzene rings is 1. The Labute approximate surface area is 120 Å². The fraction of sp³-hybridized carbons (Fsp3) is 0.429. The largest absolute Gasteiger partial charge is 0.493 e. The molecule has 21 heavy (non-hydrogen) atoms. The number of carbonyl (C=O) groups excluding carboxylic acids is 1. The molecule has 0 aromatic heterocycles. The normalized spacial score (nSPS) is 11.8. The van der Waals surface area contributed by atoms with E-state index in [0.29, 0.717) is 12.8 Å². The molecule has 2 N–H and O–H groups in total. The molecular weight excluding hydrogens is 284 g/mol. The monoisotopic (exact) mass is 301 g/mol. The number of rotatable bonds is 7. The molecule has 0 bridgehead atoms. The van der Waals surface area contributed by atoms with Crippen molar-refractivity contribution in [3.63, 3.8) is 0 Å². The van der Waals surface area contributed by atoms with Gasteiger partial charge in [0.2, 0.25) is 0 Å². The van der Waals surface area contributed by atoms with Crippen LogP contribution in [0.2, 0.25) is 0 Å². The van der Waals surface area contributed by atoms with Crippen LogP contribution in [0, 0.1) is 17.6 Å². The summed E-state index contributed by atoms with van der Waals surface area (Å²) >= 11 is 0. The second-order valence-electron chi connectivity index (χ2n) is 4.47. The molecule has 0 aliphatic rings. The quantitative estimate of drug-likeness (QED) is 0.809. The van der Waals surface area contributed by atoms with Crippen LogP contribution in [0.15, 0.2) is 12.1 Å². The second kappa shape index (κ2) is 7.56. The van der Waals surface area contributed by atoms with Crippen LogP contribution >= 0.6 is 0 Å². The zero-order valence-electron chi connectivity index (χ0n) is 11.8. The van der Waals surface area contributed by atoms with Gasteiger partial charge >= 0.3 is 5.97 Å². The fourth-order valence-corrected chi connectivity index (χ4v) is 1.91. The maximum atomic E-state index is 13.7. The summed E-state index contributed by atoms with van der Waals surface area (Å²) in [7, 11) is 1.12. The van der Waals surface area contributed by atoms with Crippen LogP contribution in [0.3, 0.4) is 0 Å². The van der Waals surface area contributed by atoms with Gasteiger partial charge in [0.05, 0.1) is 13.0 Å². The van der Waals surface area contributed by atoms with Gasteiger partial charge in [-0.3, -0.25) is 9.59 Å². The minimum absolute atomic E-state index is 0.166. The van der Waals surface area contributed by atoms with Gasteiger partial charge in [-0.05, 0) is 18.6 Å². The molecule has 1 atom stereocenters. The molecule has 1 amide bonds. The third kappa shape index (κ3) is 4.14. The molecule has 1 rings (SSSR count). The molecule has 0 aliphatic carbocycles. The van der Waals surface area contributed by atoms with Crippen LogP contribution in [-0.2, 0) is 4.79 Å². The summed E-state index contributed by atoms with van der Waals surface area (Å²) in [5, 5.41) is 11.3. The Morgan fingerprint density at radius 1 is 1.33 bits per heavy atom. The van der Waals surface area contributed by atoms with E-state index < -0.39 is 40.7 Å². The second-order valence-corrected chi connectivity index (χ2v) is 4.47. The van der Waals surface area contributed by atoms with Gasteiger partial charge in [-0.2, -0.15) is 0 Å². The van der Waals surface area contributed by atoms with Crippen molar-refractivity contribution in [3.8, 4) is 5.75 Å². The molecular formula is C14H17F2NO4. The maximum absolute atomic E-state index is 13.7. The highest BCUT2D eigenvalue weighted by molar-refractivity contribution is 5.97. The minimum atomic E-state index is -1.05. The van der Waals surface area contributed by atoms with Crippen molar-refractivity contribution in [2.45, 2.75) is 19.8 Å². The SMILES string of the molecule is CCCC(CNC(=O)c1c(F)ccc(F)c1OC)C(=O)O. The first-order valence-corrected chi connectivity index (χ1v) is 6.45. The van der Waals surface area contributed by atoms with Gasteiger partial charge in [-0.15, -0.1) is 0 Å². The van der Waals surface area contributed by atoms with Crippen molar-refractivity contribution in [3.05, 3.63) is 29.3 Å². The van der Waals surface area contributed by atoms with Crippen molar-refractivity contribution in [1.82, 2.24) is 5.32 Å². The number of aliphatic carboxylic acids is 1. The molecule has 116 valence electrons. The third-order valence-electron chi connectivity index (χ3n) is 2.99. The number of carboxylic acid groups (broad SMARTS) is 1. The summed E-state index contributed by atoms with van der Waals surface area (Å²) < 4.78 is 31.8. The van der Waals surface area contributed by atoms with Crippen molar-refractivity contribution >= 4 is 11.9 Å². The van der Waals surface area contributed by atoms with Crippen LogP contribution in [0.4, 0.5) is 8.78 Å². The van der Waals surface area contributed by atoms with Crippen LogP contribution < -0.4 is 10.1 Å². The summed E-state index contributed by atoms with van der Waals surface area (Å²) in [5.41, 5.74) is -0.571. The van der Waals surface area contributed by atoms with E-state index >= 15 is 0 Å². The Morgan fingerprint density at radius 3 is 2.48 bits per heavy atom. The van der Waals surface area contributed by atoms with Crippen LogP contribution in [0.1, 0.15) is 30.1 Å². The van der Waals surface area contributed by atoms with Gasteiger partial charge in [0.15, 0.2) is 11.6 Å². The minimum Gasteiger partial charge on any atom is -0.493 e. The number of hydrogen-bond donors (Lipinski definition) is 2. The number of carboxylic acids is 1. The lowest BCUT2D eigenvalue weighted by Gasteiger charge is -2.14. The highest BCUT2D eigenvalue weighted by atomic mass is 19.1. The zero-order chi connectivity index (χ0) is 16.0. The van der Waals surface area contributed by atoms with E-state index in [2.05, 4.69) is 10.1 Å². The number of halogens is 2. The summed E-state index contributed by atoms with van der Waals surface area (Å²) in [4.78, 5) is 22.9. The first-order chi connectivity index (χ1) is 9.92. The van der Waals surface area contributed by atoms with Gasteiger partial charge in [-0.1, -0.05) is 13.3 Å². The van der Waals surface area contributed by atoms with Crippen LogP contribution in [0.25, 0.3) is 0 Å². The molecule has 0 radical (unpaired) electrons. The average molecular weight is 301 g/mol. The number of methoxy groups -OCH3 is 1. The Morgan fingerprint density at radius 2 is 1.95 bits per heavy atom. The van der Waals surface area contributed by atoms with Crippen molar-refractivity contribution in [2.24, 2.45) is 5.92 Å². The van der Waals surface area contributed by atoms with E-state index in [-0.39, 0.29) is 6.54 Å². The smallest absolute Gasteiger partial charge is 0.308 e. The fourth-order valence-electron chi connectivity index (χ4n) is 1.91. The molecule has 0 spiro atoms. The molecule has 0 saturated heterocycles. The van der Waals surface area contributed by atoms with Crippen molar-refractivity contribution in [1.29, 1.82) is 0 Å². The molecule has 0 saturated carbocycles. The first-order valence-electron chi connectivity index (χ1n) is 6.45. The number of nitrogens with one attached hydrogen (secondary N) is 1. The molecule has 1 unspecified atom stereocenters. The van der Waals surface area contributed by atoms with E-state index in [0.717, 1.165) is 19.2 Å². The summed E-state index contributed by atoms with van der Waals surface area (Å²) in [6, 6.07) is 1.66. The Kier molecular flexibility index (Phi) is 6.08. The Balaban J connectivity index is 2.90. The van der Waals surface area contributed by atoms with Gasteiger partial charge in [0.1, 0.15) is 11.4 Å². The average Bonchev–Trinajstić information content (AvgIpc) is 2.44. The third-order valence-corrected chi connectivity index (χ3v) is 2.99. The van der Waals surface area contributed by atoms with E-state index in [1.807, 2.05) is 6.92 Å². The summed E-state index contributed by atoms with van der Waals surface area (Å²) in [6.45, 7) is 1.65. The molecule has 1 aromatic rings. The van der Waals surface area contributed by atoms with Crippen LogP contribution in [0.5, 0.6) is 5.75 Å². The summed E-state index contributed by atoms with van der Waals surface area (Å²) in [5.74, 6) is -5.05. The zero-order valence-corrected chi connectivity index (χ0v) is 11.8. The Bertz CT molecular complexity index is 534. The van der Waals surface area contributed by atoms with Crippen LogP contribution in [-0.4, -0.2) is 30.6 Å². The lowest BCUT2D eigenvalue weighted by Crippen LogP contribution is -2.33. The van der Waals surface area contributed by atoms with Gasteiger partial charge in [0.25, 0.3) is 5.91 Å². The standard InChI is InChI=1S/C14H17F2NO4/c1-3-4-8(14(19)20)7-17-13(18)11-9(15)5-6-10(16)12(11)21-2/h5-6,8H,3-4,7H2,1-2H3,(H,17,18)(H,19,20). The number of carbonyl (C=O) groups is 2. The molecule has 5 nitrogen and oxygen atoms in total. The molecule has 1 aromatic carbocycles. The molecule has 0 fully saturated rings. The lowest BCUT2D eigenvalue weighted by atomic mass is 10.0. The van der Waals surface area contributed by atoms with Gasteiger partial charge < -0.3 is 15.2 Å². The highest BCUT2D eigenvalue weighted by Gasteiger charge is 2.23.